The third-order valence-corrected chi connectivity index (χ3v) is 2.36. The number of carboxylic acids is 1. The maximum absolute atomic E-state index is 11.9. The smallest absolute Gasteiger partial charge is 0.311 e. The van der Waals surface area contributed by atoms with Crippen LogP contribution in [0.5, 0.6) is 0 Å². The highest BCUT2D eigenvalue weighted by Gasteiger charge is 2.17. The number of aryl methyl sites for hydroxylation is 1. The summed E-state index contributed by atoms with van der Waals surface area (Å²) in [6, 6.07) is 1.43. The largest absolute Gasteiger partial charge is 0.481 e. The summed E-state index contributed by atoms with van der Waals surface area (Å²) in [4.78, 5) is 26.4. The van der Waals surface area contributed by atoms with Crippen LogP contribution in [0.2, 0.25) is 0 Å². The fraction of sp³-hybridized carbons (Fsp3) is 0.273. The van der Waals surface area contributed by atoms with Crippen LogP contribution >= 0.6 is 0 Å². The number of furan rings is 1. The third-order valence-electron chi connectivity index (χ3n) is 2.36. The van der Waals surface area contributed by atoms with Gasteiger partial charge in [0.05, 0.1) is 18.4 Å². The number of hydrogen-bond acceptors (Lipinski definition) is 5. The number of rotatable bonds is 5. The van der Waals surface area contributed by atoms with Crippen LogP contribution in [0.15, 0.2) is 23.1 Å². The van der Waals surface area contributed by atoms with Crippen LogP contribution in [0.1, 0.15) is 21.9 Å². The van der Waals surface area contributed by atoms with Crippen molar-refractivity contribution in [3.05, 3.63) is 35.8 Å². The molecule has 2 aromatic rings. The highest BCUT2D eigenvalue weighted by Crippen LogP contribution is 2.11. The Bertz CT molecular complexity index is 601. The van der Waals surface area contributed by atoms with Crippen LogP contribution in [-0.2, 0) is 24.8 Å². The zero-order valence-corrected chi connectivity index (χ0v) is 10.2. The maximum Gasteiger partial charge on any atom is 0.311 e. The van der Waals surface area contributed by atoms with E-state index in [1.54, 1.807) is 7.05 Å². The van der Waals surface area contributed by atoms with Crippen molar-refractivity contribution >= 4 is 11.9 Å². The Morgan fingerprint density at radius 1 is 1.53 bits per heavy atom. The molecule has 0 atom stereocenters. The van der Waals surface area contributed by atoms with Gasteiger partial charge in [-0.1, -0.05) is 0 Å². The lowest BCUT2D eigenvalue weighted by Gasteiger charge is -2.02. The van der Waals surface area contributed by atoms with Crippen molar-refractivity contribution in [1.29, 1.82) is 0 Å². The molecule has 0 spiro atoms. The number of aromatic nitrogens is 3. The molecule has 0 aliphatic carbocycles. The van der Waals surface area contributed by atoms with E-state index in [0.29, 0.717) is 5.82 Å². The lowest BCUT2D eigenvalue weighted by atomic mass is 10.2. The number of carbonyl (C=O) groups excluding carboxylic acids is 1. The molecule has 0 aliphatic heterocycles. The normalized spacial score (nSPS) is 10.4. The van der Waals surface area contributed by atoms with Crippen molar-refractivity contribution in [2.45, 2.75) is 13.0 Å². The molecular weight excluding hydrogens is 252 g/mol. The van der Waals surface area contributed by atoms with Crippen molar-refractivity contribution < 1.29 is 19.1 Å². The molecule has 0 saturated heterocycles. The van der Waals surface area contributed by atoms with Crippen molar-refractivity contribution in [3.63, 3.8) is 0 Å². The second-order valence-corrected chi connectivity index (χ2v) is 3.85. The Morgan fingerprint density at radius 2 is 2.32 bits per heavy atom. The molecule has 2 rings (SSSR count). The molecule has 19 heavy (non-hydrogen) atoms. The summed E-state index contributed by atoms with van der Waals surface area (Å²) in [5.41, 5.74) is 0.207. The topological polar surface area (TPSA) is 110 Å². The second-order valence-electron chi connectivity index (χ2n) is 3.85. The molecule has 0 aliphatic rings. The first-order chi connectivity index (χ1) is 9.06. The molecule has 0 bridgehead atoms. The Balaban J connectivity index is 2.00. The van der Waals surface area contributed by atoms with E-state index >= 15 is 0 Å². The summed E-state index contributed by atoms with van der Waals surface area (Å²) in [5, 5.41) is 15.3. The van der Waals surface area contributed by atoms with Crippen LogP contribution in [0, 0.1) is 0 Å². The number of carbonyl (C=O) groups is 2. The number of nitrogens with zero attached hydrogens (tertiary/aromatic N) is 3. The summed E-state index contributed by atoms with van der Waals surface area (Å²) in [5.74, 6) is -0.883. The monoisotopic (exact) mass is 264 g/mol. The third kappa shape index (κ3) is 3.18. The molecule has 2 heterocycles. The molecule has 8 nitrogen and oxygen atoms in total. The van der Waals surface area contributed by atoms with Crippen LogP contribution in [0.4, 0.5) is 0 Å². The molecule has 0 aromatic carbocycles. The Morgan fingerprint density at radius 3 is 2.95 bits per heavy atom. The van der Waals surface area contributed by atoms with Gasteiger partial charge >= 0.3 is 5.97 Å². The van der Waals surface area contributed by atoms with E-state index in [1.807, 2.05) is 0 Å². The molecule has 0 fully saturated rings. The fourth-order valence-corrected chi connectivity index (χ4v) is 1.54. The summed E-state index contributed by atoms with van der Waals surface area (Å²) < 4.78 is 6.50. The lowest BCUT2D eigenvalue weighted by molar-refractivity contribution is -0.136. The van der Waals surface area contributed by atoms with Gasteiger partial charge in [-0.2, -0.15) is 5.10 Å². The van der Waals surface area contributed by atoms with Gasteiger partial charge in [-0.15, -0.1) is 0 Å². The zero-order chi connectivity index (χ0) is 13.8. The van der Waals surface area contributed by atoms with Gasteiger partial charge in [0.1, 0.15) is 18.5 Å². The first kappa shape index (κ1) is 12.8. The van der Waals surface area contributed by atoms with Crippen molar-refractivity contribution in [1.82, 2.24) is 20.1 Å². The van der Waals surface area contributed by atoms with E-state index in [2.05, 4.69) is 15.4 Å². The van der Waals surface area contributed by atoms with E-state index in [4.69, 9.17) is 9.52 Å². The standard InChI is InChI=1S/C11H12N4O4/c1-15-6-13-9(14-15)5-12-11(18)7-2-3-19-8(7)4-10(16)17/h2-3,6H,4-5H2,1H3,(H,12,18)(H,16,17). The minimum Gasteiger partial charge on any atom is -0.481 e. The molecular formula is C11H12N4O4. The summed E-state index contributed by atoms with van der Waals surface area (Å²) in [7, 11) is 1.72. The van der Waals surface area contributed by atoms with Gasteiger partial charge in [-0.05, 0) is 6.07 Å². The molecule has 2 aromatic heterocycles. The Labute approximate surface area is 108 Å². The van der Waals surface area contributed by atoms with Crippen molar-refractivity contribution in [2.24, 2.45) is 7.05 Å². The SMILES string of the molecule is Cn1cnc(CNC(=O)c2ccoc2CC(=O)O)n1. The Kier molecular flexibility index (Phi) is 3.60. The van der Waals surface area contributed by atoms with Crippen LogP contribution in [-0.4, -0.2) is 31.7 Å². The first-order valence-electron chi connectivity index (χ1n) is 5.47. The van der Waals surface area contributed by atoms with Crippen LogP contribution in [0.3, 0.4) is 0 Å². The van der Waals surface area contributed by atoms with Crippen LogP contribution in [0.25, 0.3) is 0 Å². The molecule has 100 valence electrons. The van der Waals surface area contributed by atoms with Gasteiger partial charge in [0.2, 0.25) is 0 Å². The van der Waals surface area contributed by atoms with Crippen molar-refractivity contribution in [3.8, 4) is 0 Å². The number of carboxylic acid groups (broad SMARTS) is 1. The zero-order valence-electron chi connectivity index (χ0n) is 10.2. The molecule has 2 N–H and O–H groups in total. The molecule has 1 amide bonds. The second kappa shape index (κ2) is 5.34. The number of hydrogen-bond donors (Lipinski definition) is 2. The summed E-state index contributed by atoms with van der Waals surface area (Å²) >= 11 is 0. The van der Waals surface area contributed by atoms with Crippen molar-refractivity contribution in [2.75, 3.05) is 0 Å². The van der Waals surface area contributed by atoms with E-state index < -0.39 is 11.9 Å². The fourth-order valence-electron chi connectivity index (χ4n) is 1.54. The van der Waals surface area contributed by atoms with Gasteiger partial charge < -0.3 is 14.8 Å². The highest BCUT2D eigenvalue weighted by atomic mass is 16.4. The molecule has 0 unspecified atom stereocenters. The first-order valence-corrected chi connectivity index (χ1v) is 5.47. The average Bonchev–Trinajstić information content (AvgIpc) is 2.94. The van der Waals surface area contributed by atoms with Gasteiger partial charge in [-0.3, -0.25) is 14.3 Å². The summed E-state index contributed by atoms with van der Waals surface area (Å²) in [6.45, 7) is 0.164. The molecule has 0 radical (unpaired) electrons. The Hall–Kier alpha value is -2.64. The predicted molar refractivity (Wildman–Crippen MR) is 62.2 cm³/mol. The average molecular weight is 264 g/mol. The molecule has 8 heteroatoms. The number of amides is 1. The van der Waals surface area contributed by atoms with E-state index in [1.165, 1.54) is 23.3 Å². The highest BCUT2D eigenvalue weighted by molar-refractivity contribution is 5.95. The van der Waals surface area contributed by atoms with E-state index in [0.717, 1.165) is 0 Å². The summed E-state index contributed by atoms with van der Waals surface area (Å²) in [6.07, 6.45) is 2.47. The quantitative estimate of drug-likeness (QED) is 0.784. The lowest BCUT2D eigenvalue weighted by Crippen LogP contribution is -2.24. The van der Waals surface area contributed by atoms with Gasteiger partial charge in [-0.25, -0.2) is 4.98 Å². The minimum atomic E-state index is -1.06. The van der Waals surface area contributed by atoms with Gasteiger partial charge in [0, 0.05) is 7.05 Å². The minimum absolute atomic E-state index is 0.124. The van der Waals surface area contributed by atoms with Gasteiger partial charge in [0.15, 0.2) is 5.82 Å². The van der Waals surface area contributed by atoms with E-state index in [-0.39, 0.29) is 24.3 Å². The number of aliphatic carboxylic acids is 1. The molecule has 0 saturated carbocycles. The predicted octanol–water partition coefficient (Wildman–Crippen LogP) is -0.0348. The van der Waals surface area contributed by atoms with Gasteiger partial charge in [0.25, 0.3) is 5.91 Å². The maximum atomic E-state index is 11.9. The van der Waals surface area contributed by atoms with E-state index in [9.17, 15) is 9.59 Å². The van der Waals surface area contributed by atoms with Crippen LogP contribution < -0.4 is 5.32 Å². The number of nitrogens with one attached hydrogen (secondary N) is 1.